The number of ether oxygens (including phenoxy) is 2. The Labute approximate surface area is 226 Å². The molecule has 0 atom stereocenters. The summed E-state index contributed by atoms with van der Waals surface area (Å²) in [6, 6.07) is 14.4. The predicted molar refractivity (Wildman–Crippen MR) is 149 cm³/mol. The van der Waals surface area contributed by atoms with E-state index < -0.39 is 11.9 Å². The maximum Gasteiger partial charge on any atom is 0.341 e. The Morgan fingerprint density at radius 1 is 1.10 bits per heavy atom. The first-order valence-electron chi connectivity index (χ1n) is 13.0. The molecular weight excluding hydrogens is 496 g/mol. The molecule has 0 fully saturated rings. The third-order valence-electron chi connectivity index (χ3n) is 6.01. The maximum absolute atomic E-state index is 13.6. The molecule has 3 heterocycles. The number of pyridine rings is 2. The van der Waals surface area contributed by atoms with E-state index >= 15 is 0 Å². The van der Waals surface area contributed by atoms with Crippen molar-refractivity contribution in [2.24, 2.45) is 4.99 Å². The SMILES string of the molecule is CCOC(=O)c1cc2c(=O)n3cccc(C)c3nc2n(CCCOC(C)C)c1=NC(=O)C=Cc1ccccc1. The van der Waals surface area contributed by atoms with Crippen molar-refractivity contribution in [3.05, 3.63) is 93.3 Å². The summed E-state index contributed by atoms with van der Waals surface area (Å²) >= 11 is 0. The molecule has 0 saturated heterocycles. The Kier molecular flexibility index (Phi) is 8.83. The minimum absolute atomic E-state index is 0.0158. The smallest absolute Gasteiger partial charge is 0.341 e. The zero-order chi connectivity index (χ0) is 27.9. The molecule has 4 aromatic rings. The summed E-state index contributed by atoms with van der Waals surface area (Å²) in [5.74, 6) is -1.25. The highest BCUT2D eigenvalue weighted by Crippen LogP contribution is 2.14. The number of rotatable bonds is 9. The molecule has 0 N–H and O–H groups in total. The average molecular weight is 529 g/mol. The molecule has 1 aromatic carbocycles. The number of fused-ring (bicyclic) bond motifs is 2. The van der Waals surface area contributed by atoms with E-state index in [1.54, 1.807) is 29.8 Å². The van der Waals surface area contributed by atoms with Gasteiger partial charge < -0.3 is 14.0 Å². The van der Waals surface area contributed by atoms with Crippen molar-refractivity contribution in [3.63, 3.8) is 0 Å². The Morgan fingerprint density at radius 3 is 2.59 bits per heavy atom. The first kappa shape index (κ1) is 27.7. The number of carbonyl (C=O) groups excluding carboxylic acids is 2. The molecule has 4 rings (SSSR count). The van der Waals surface area contributed by atoms with Gasteiger partial charge in [0, 0.05) is 25.4 Å². The highest BCUT2D eigenvalue weighted by Gasteiger charge is 2.20. The number of esters is 1. The predicted octanol–water partition coefficient (Wildman–Crippen LogP) is 4.09. The van der Waals surface area contributed by atoms with Crippen LogP contribution < -0.4 is 11.0 Å². The third kappa shape index (κ3) is 6.38. The summed E-state index contributed by atoms with van der Waals surface area (Å²) in [4.78, 5) is 48.8. The van der Waals surface area contributed by atoms with Crippen LogP contribution in [0.4, 0.5) is 0 Å². The largest absolute Gasteiger partial charge is 0.462 e. The second-order valence-corrected chi connectivity index (χ2v) is 9.26. The lowest BCUT2D eigenvalue weighted by Crippen LogP contribution is -2.33. The highest BCUT2D eigenvalue weighted by atomic mass is 16.5. The average Bonchev–Trinajstić information content (AvgIpc) is 2.92. The molecule has 0 saturated carbocycles. The normalized spacial score (nSPS) is 12.2. The summed E-state index contributed by atoms with van der Waals surface area (Å²) in [5.41, 5.74) is 2.21. The number of hydrogen-bond acceptors (Lipinski definition) is 6. The number of hydrogen-bond donors (Lipinski definition) is 0. The summed E-state index contributed by atoms with van der Waals surface area (Å²) in [5, 5.41) is 0.220. The van der Waals surface area contributed by atoms with E-state index in [1.165, 1.54) is 16.5 Å². The van der Waals surface area contributed by atoms with Gasteiger partial charge in [0.05, 0.1) is 18.1 Å². The first-order valence-corrected chi connectivity index (χ1v) is 13.0. The minimum atomic E-state index is -0.682. The van der Waals surface area contributed by atoms with Crippen molar-refractivity contribution < 1.29 is 19.1 Å². The quantitative estimate of drug-likeness (QED) is 0.140. The van der Waals surface area contributed by atoms with Crippen LogP contribution in [0.1, 0.15) is 48.7 Å². The molecule has 0 unspecified atom stereocenters. The van der Waals surface area contributed by atoms with Gasteiger partial charge in [0.25, 0.3) is 11.5 Å². The van der Waals surface area contributed by atoms with Crippen molar-refractivity contribution in [1.29, 1.82) is 0 Å². The number of aryl methyl sites for hydroxylation is 2. The number of carbonyl (C=O) groups is 2. The van der Waals surface area contributed by atoms with Crippen LogP contribution in [-0.2, 0) is 20.8 Å². The van der Waals surface area contributed by atoms with Gasteiger partial charge in [0.2, 0.25) is 0 Å². The highest BCUT2D eigenvalue weighted by molar-refractivity contribution is 5.96. The number of amides is 1. The number of benzene rings is 1. The standard InChI is InChI=1S/C30H32N4O5/c1-5-38-30(37)24-19-23-27(32-26-21(4)11-9-16-34(26)29(23)36)33(17-10-18-39-20(2)3)28(24)31-25(35)15-14-22-12-7-6-8-13-22/h6-9,11-16,19-20H,5,10,17-18H2,1-4H3. The molecule has 0 bridgehead atoms. The fourth-order valence-corrected chi connectivity index (χ4v) is 4.19. The molecule has 1 amide bonds. The zero-order valence-electron chi connectivity index (χ0n) is 22.6. The summed E-state index contributed by atoms with van der Waals surface area (Å²) < 4.78 is 14.1. The van der Waals surface area contributed by atoms with Crippen molar-refractivity contribution in [2.75, 3.05) is 13.2 Å². The first-order chi connectivity index (χ1) is 18.8. The third-order valence-corrected chi connectivity index (χ3v) is 6.01. The van der Waals surface area contributed by atoms with Gasteiger partial charge in [-0.25, -0.2) is 9.78 Å². The number of nitrogens with zero attached hydrogens (tertiary/aromatic N) is 4. The van der Waals surface area contributed by atoms with Crippen molar-refractivity contribution in [1.82, 2.24) is 14.0 Å². The molecule has 202 valence electrons. The van der Waals surface area contributed by atoms with Gasteiger partial charge >= 0.3 is 5.97 Å². The molecule has 3 aromatic heterocycles. The molecule has 39 heavy (non-hydrogen) atoms. The van der Waals surface area contributed by atoms with Crippen LogP contribution in [0.25, 0.3) is 22.8 Å². The Morgan fingerprint density at radius 2 is 1.87 bits per heavy atom. The van der Waals surface area contributed by atoms with E-state index in [0.29, 0.717) is 30.9 Å². The van der Waals surface area contributed by atoms with E-state index in [9.17, 15) is 14.4 Å². The molecular formula is C30H32N4O5. The van der Waals surface area contributed by atoms with Crippen LogP contribution in [0.3, 0.4) is 0 Å². The van der Waals surface area contributed by atoms with E-state index in [4.69, 9.17) is 14.5 Å². The van der Waals surface area contributed by atoms with E-state index in [-0.39, 0.29) is 34.7 Å². The lowest BCUT2D eigenvalue weighted by Gasteiger charge is -2.16. The molecule has 0 spiro atoms. The summed E-state index contributed by atoms with van der Waals surface area (Å²) in [6.07, 6.45) is 5.21. The monoisotopic (exact) mass is 528 g/mol. The number of aromatic nitrogens is 3. The van der Waals surface area contributed by atoms with Gasteiger partial charge in [-0.15, -0.1) is 0 Å². The zero-order valence-corrected chi connectivity index (χ0v) is 22.6. The Hall–Kier alpha value is -4.37. The second-order valence-electron chi connectivity index (χ2n) is 9.26. The lowest BCUT2D eigenvalue weighted by atomic mass is 10.2. The molecule has 9 heteroatoms. The van der Waals surface area contributed by atoms with Crippen LogP contribution >= 0.6 is 0 Å². The topological polar surface area (TPSA) is 104 Å². The van der Waals surface area contributed by atoms with Crippen LogP contribution in [0.2, 0.25) is 0 Å². The van der Waals surface area contributed by atoms with Gasteiger partial charge in [-0.2, -0.15) is 4.99 Å². The van der Waals surface area contributed by atoms with E-state index in [0.717, 1.165) is 11.1 Å². The van der Waals surface area contributed by atoms with Crippen LogP contribution in [-0.4, -0.2) is 45.1 Å². The van der Waals surface area contributed by atoms with Crippen LogP contribution in [0.5, 0.6) is 0 Å². The summed E-state index contributed by atoms with van der Waals surface area (Å²) in [7, 11) is 0. The van der Waals surface area contributed by atoms with Gasteiger partial charge in [-0.1, -0.05) is 36.4 Å². The van der Waals surface area contributed by atoms with E-state index in [2.05, 4.69) is 4.99 Å². The minimum Gasteiger partial charge on any atom is -0.462 e. The van der Waals surface area contributed by atoms with Gasteiger partial charge in [0.15, 0.2) is 5.49 Å². The molecule has 0 aliphatic rings. The fraction of sp³-hybridized carbons (Fsp3) is 0.300. The van der Waals surface area contributed by atoms with E-state index in [1.807, 2.05) is 57.2 Å². The van der Waals surface area contributed by atoms with Gasteiger partial charge in [-0.3, -0.25) is 14.0 Å². The fourth-order valence-electron chi connectivity index (χ4n) is 4.19. The lowest BCUT2D eigenvalue weighted by molar-refractivity contribution is -0.113. The Bertz CT molecular complexity index is 1670. The Balaban J connectivity index is 1.98. The van der Waals surface area contributed by atoms with Crippen molar-refractivity contribution >= 4 is 34.6 Å². The summed E-state index contributed by atoms with van der Waals surface area (Å²) in [6.45, 7) is 8.30. The molecule has 0 aliphatic heterocycles. The molecule has 0 radical (unpaired) electrons. The molecule has 9 nitrogen and oxygen atoms in total. The van der Waals surface area contributed by atoms with Crippen LogP contribution in [0.15, 0.2) is 70.6 Å². The van der Waals surface area contributed by atoms with Crippen molar-refractivity contribution in [2.45, 2.75) is 46.8 Å². The second kappa shape index (κ2) is 12.4. The maximum atomic E-state index is 13.6. The van der Waals surface area contributed by atoms with Crippen LogP contribution in [0, 0.1) is 6.92 Å². The van der Waals surface area contributed by atoms with Gasteiger partial charge in [0.1, 0.15) is 16.9 Å². The van der Waals surface area contributed by atoms with Crippen molar-refractivity contribution in [3.8, 4) is 0 Å². The van der Waals surface area contributed by atoms with Gasteiger partial charge in [-0.05, 0) is 63.5 Å². The molecule has 0 aliphatic carbocycles.